The molecule has 0 aliphatic heterocycles. The number of aliphatic hydroxyl groups excluding tert-OH is 1. The average Bonchev–Trinajstić information content (AvgIpc) is 2.87. The molecule has 3 rings (SSSR count). The summed E-state index contributed by atoms with van der Waals surface area (Å²) >= 11 is 0. The second-order valence-electron chi connectivity index (χ2n) is 8.67. The molecule has 2 N–H and O–H groups in total. The topological polar surface area (TPSA) is 85.2 Å². The number of carboxylic acids is 1. The Kier molecular flexibility index (Phi) is 9.56. The van der Waals surface area contributed by atoms with Gasteiger partial charge in [-0.25, -0.2) is 4.79 Å². The molecule has 186 valence electrons. The predicted molar refractivity (Wildman–Crippen MR) is 135 cm³/mol. The number of methoxy groups -OCH3 is 2. The molecule has 0 aliphatic carbocycles. The number of aliphatic carboxylic acids is 1. The zero-order valence-electron chi connectivity index (χ0n) is 20.6. The predicted octanol–water partition coefficient (Wildman–Crippen LogP) is 5.39. The summed E-state index contributed by atoms with van der Waals surface area (Å²) in [6.45, 7) is 1.53. The number of aliphatic hydroxyl groups is 1. The van der Waals surface area contributed by atoms with Gasteiger partial charge < -0.3 is 24.4 Å². The van der Waals surface area contributed by atoms with Crippen LogP contribution in [0, 0.1) is 12.8 Å². The molecule has 0 amide bonds. The van der Waals surface area contributed by atoms with Gasteiger partial charge in [0.15, 0.2) is 6.61 Å². The maximum absolute atomic E-state index is 11.5. The van der Waals surface area contributed by atoms with Crippen molar-refractivity contribution in [3.05, 3.63) is 89.0 Å². The third-order valence-electron chi connectivity index (χ3n) is 6.20. The fourth-order valence-corrected chi connectivity index (χ4v) is 4.34. The van der Waals surface area contributed by atoms with Gasteiger partial charge in [0, 0.05) is 5.56 Å². The molecule has 0 saturated carbocycles. The van der Waals surface area contributed by atoms with Crippen molar-refractivity contribution in [1.82, 2.24) is 0 Å². The lowest BCUT2D eigenvalue weighted by molar-refractivity contribution is -0.139. The Labute approximate surface area is 207 Å². The van der Waals surface area contributed by atoms with E-state index in [0.717, 1.165) is 36.0 Å². The average molecular weight is 479 g/mol. The number of rotatable bonds is 13. The van der Waals surface area contributed by atoms with Crippen LogP contribution in [0.3, 0.4) is 0 Å². The highest BCUT2D eigenvalue weighted by Crippen LogP contribution is 2.37. The molecular weight excluding hydrogens is 444 g/mol. The van der Waals surface area contributed by atoms with E-state index >= 15 is 0 Å². The highest BCUT2D eigenvalue weighted by atomic mass is 16.5. The lowest BCUT2D eigenvalue weighted by Gasteiger charge is -2.25. The second-order valence-corrected chi connectivity index (χ2v) is 8.67. The van der Waals surface area contributed by atoms with Crippen molar-refractivity contribution in [3.8, 4) is 17.2 Å². The van der Waals surface area contributed by atoms with Gasteiger partial charge in [0.1, 0.15) is 17.2 Å². The summed E-state index contributed by atoms with van der Waals surface area (Å²) in [7, 11) is 3.22. The van der Waals surface area contributed by atoms with Crippen LogP contribution in [-0.2, 0) is 17.6 Å². The lowest BCUT2D eigenvalue weighted by Crippen LogP contribution is -2.17. The maximum Gasteiger partial charge on any atom is 0.341 e. The number of aryl methyl sites for hydroxylation is 1. The van der Waals surface area contributed by atoms with Crippen LogP contribution in [0.25, 0.3) is 0 Å². The fraction of sp³-hybridized carbons (Fsp3) is 0.345. The van der Waals surface area contributed by atoms with E-state index in [4.69, 9.17) is 19.3 Å². The minimum atomic E-state index is -1.02. The zero-order valence-corrected chi connectivity index (χ0v) is 20.6. The molecule has 0 aromatic heterocycles. The van der Waals surface area contributed by atoms with Gasteiger partial charge >= 0.3 is 5.97 Å². The van der Waals surface area contributed by atoms with Crippen molar-refractivity contribution in [2.45, 2.75) is 38.7 Å². The summed E-state index contributed by atoms with van der Waals surface area (Å²) in [5, 5.41) is 20.4. The zero-order chi connectivity index (χ0) is 25.2. The minimum Gasteiger partial charge on any atom is -0.496 e. The van der Waals surface area contributed by atoms with Gasteiger partial charge in [-0.2, -0.15) is 0 Å². The summed E-state index contributed by atoms with van der Waals surface area (Å²) in [5.41, 5.74) is 3.87. The molecule has 0 radical (unpaired) electrons. The minimum absolute atomic E-state index is 0.0782. The highest BCUT2D eigenvalue weighted by Gasteiger charge is 2.24. The lowest BCUT2D eigenvalue weighted by atomic mass is 9.85. The Bertz CT molecular complexity index is 1070. The quantitative estimate of drug-likeness (QED) is 0.343. The van der Waals surface area contributed by atoms with Gasteiger partial charge in [-0.15, -0.1) is 0 Å². The van der Waals surface area contributed by atoms with Gasteiger partial charge in [0.25, 0.3) is 0 Å². The molecule has 6 heteroatoms. The van der Waals surface area contributed by atoms with Gasteiger partial charge in [0.05, 0.1) is 20.3 Å². The van der Waals surface area contributed by atoms with E-state index in [2.05, 4.69) is 12.1 Å². The van der Waals surface area contributed by atoms with Gasteiger partial charge in [-0.05, 0) is 79.5 Å². The van der Waals surface area contributed by atoms with Crippen LogP contribution in [-0.4, -0.2) is 37.0 Å². The number of carboxylic acid groups (broad SMARTS) is 1. The van der Waals surface area contributed by atoms with E-state index in [1.165, 1.54) is 5.56 Å². The number of carbonyl (C=O) groups is 1. The summed E-state index contributed by atoms with van der Waals surface area (Å²) in [6, 6.07) is 21.5. The molecule has 3 aromatic rings. The van der Waals surface area contributed by atoms with Crippen molar-refractivity contribution < 1.29 is 29.2 Å². The van der Waals surface area contributed by atoms with Crippen molar-refractivity contribution in [2.24, 2.45) is 5.92 Å². The van der Waals surface area contributed by atoms with Gasteiger partial charge in [0.2, 0.25) is 0 Å². The maximum atomic E-state index is 11.5. The van der Waals surface area contributed by atoms with Gasteiger partial charge in [-0.3, -0.25) is 0 Å². The fourth-order valence-electron chi connectivity index (χ4n) is 4.34. The number of benzene rings is 3. The van der Waals surface area contributed by atoms with E-state index in [1.807, 2.05) is 55.5 Å². The summed E-state index contributed by atoms with van der Waals surface area (Å²) < 4.78 is 16.4. The first kappa shape index (κ1) is 26.1. The number of hydrogen-bond acceptors (Lipinski definition) is 5. The van der Waals surface area contributed by atoms with Crippen LogP contribution in [0.15, 0.2) is 66.7 Å². The Morgan fingerprint density at radius 3 is 2.20 bits per heavy atom. The van der Waals surface area contributed by atoms with Crippen LogP contribution in [0.2, 0.25) is 0 Å². The first-order chi connectivity index (χ1) is 16.9. The molecule has 0 fully saturated rings. The molecule has 2 unspecified atom stereocenters. The molecule has 0 bridgehead atoms. The van der Waals surface area contributed by atoms with Crippen LogP contribution in [0.5, 0.6) is 17.2 Å². The van der Waals surface area contributed by atoms with Crippen molar-refractivity contribution in [2.75, 3.05) is 20.8 Å². The first-order valence-electron chi connectivity index (χ1n) is 11.8. The Hall–Kier alpha value is -3.51. The largest absolute Gasteiger partial charge is 0.496 e. The molecule has 0 heterocycles. The third kappa shape index (κ3) is 7.49. The van der Waals surface area contributed by atoms with Crippen LogP contribution in [0.1, 0.15) is 41.2 Å². The standard InChI is InChI=1S/C29H34O6/c1-20-26(33-2)17-24(18-27(20)34-3)29(32)23(13-7-11-21-9-5-4-6-10-21)15-22-12-8-14-25(16-22)35-19-28(30)31/h4-6,8-10,12,14,16-18,23,29,32H,7,11,13,15,19H2,1-3H3,(H,30,31). The SMILES string of the molecule is COc1cc(C(O)C(CCCc2ccccc2)Cc2cccc(OCC(=O)O)c2)cc(OC)c1C. The molecule has 6 nitrogen and oxygen atoms in total. The van der Waals surface area contributed by atoms with E-state index in [9.17, 15) is 9.90 Å². The molecule has 0 aliphatic rings. The summed E-state index contributed by atoms with van der Waals surface area (Å²) in [4.78, 5) is 10.9. The van der Waals surface area contributed by atoms with Crippen LogP contribution >= 0.6 is 0 Å². The molecular formula is C29H34O6. The molecule has 35 heavy (non-hydrogen) atoms. The third-order valence-corrected chi connectivity index (χ3v) is 6.20. The first-order valence-corrected chi connectivity index (χ1v) is 11.8. The Morgan fingerprint density at radius 2 is 1.57 bits per heavy atom. The Morgan fingerprint density at radius 1 is 0.914 bits per heavy atom. The van der Waals surface area contributed by atoms with Gasteiger partial charge in [-0.1, -0.05) is 42.5 Å². The summed E-state index contributed by atoms with van der Waals surface area (Å²) in [6.07, 6.45) is 2.51. The normalized spacial score (nSPS) is 12.6. The van der Waals surface area contributed by atoms with E-state index in [1.54, 1.807) is 20.3 Å². The van der Waals surface area contributed by atoms with E-state index in [0.29, 0.717) is 23.7 Å². The van der Waals surface area contributed by atoms with Crippen molar-refractivity contribution in [3.63, 3.8) is 0 Å². The van der Waals surface area contributed by atoms with E-state index in [-0.39, 0.29) is 5.92 Å². The number of hydrogen-bond donors (Lipinski definition) is 2. The molecule has 0 saturated heterocycles. The second kappa shape index (κ2) is 12.8. The summed E-state index contributed by atoms with van der Waals surface area (Å²) in [5.74, 6) is 0.745. The van der Waals surface area contributed by atoms with Crippen LogP contribution < -0.4 is 14.2 Å². The smallest absolute Gasteiger partial charge is 0.341 e. The van der Waals surface area contributed by atoms with Crippen molar-refractivity contribution >= 4 is 5.97 Å². The van der Waals surface area contributed by atoms with Crippen molar-refractivity contribution in [1.29, 1.82) is 0 Å². The highest BCUT2D eigenvalue weighted by molar-refractivity contribution is 5.68. The van der Waals surface area contributed by atoms with Crippen LogP contribution in [0.4, 0.5) is 0 Å². The monoisotopic (exact) mass is 478 g/mol. The Balaban J connectivity index is 1.83. The molecule has 3 aromatic carbocycles. The van der Waals surface area contributed by atoms with E-state index < -0.39 is 18.7 Å². The number of ether oxygens (including phenoxy) is 3. The molecule has 2 atom stereocenters. The molecule has 0 spiro atoms.